The van der Waals surface area contributed by atoms with E-state index < -0.39 is 0 Å². The molecule has 1 aromatic carbocycles. The Morgan fingerprint density at radius 3 is 2.85 bits per heavy atom. The zero-order chi connectivity index (χ0) is 13.9. The SMILES string of the molecule is CN(CCNC1CCc2cc(Cl)ccc21)C1CCCC1. The second-order valence-corrected chi connectivity index (χ2v) is 6.74. The highest BCUT2D eigenvalue weighted by molar-refractivity contribution is 6.30. The largest absolute Gasteiger partial charge is 0.309 e. The van der Waals surface area contributed by atoms with Gasteiger partial charge in [0.2, 0.25) is 0 Å². The number of fused-ring (bicyclic) bond motifs is 1. The molecular weight excluding hydrogens is 268 g/mol. The van der Waals surface area contributed by atoms with Crippen molar-refractivity contribution in [3.05, 3.63) is 34.3 Å². The molecule has 3 rings (SSSR count). The molecule has 0 spiro atoms. The van der Waals surface area contributed by atoms with Crippen molar-refractivity contribution < 1.29 is 0 Å². The van der Waals surface area contributed by atoms with Crippen LogP contribution in [0.2, 0.25) is 5.02 Å². The van der Waals surface area contributed by atoms with E-state index in [4.69, 9.17) is 11.6 Å². The van der Waals surface area contributed by atoms with E-state index in [1.165, 1.54) is 43.2 Å². The van der Waals surface area contributed by atoms with Crippen molar-refractivity contribution in [1.29, 1.82) is 0 Å². The van der Waals surface area contributed by atoms with Crippen LogP contribution in [0.1, 0.15) is 49.3 Å². The number of hydrogen-bond acceptors (Lipinski definition) is 2. The fraction of sp³-hybridized carbons (Fsp3) is 0.647. The Labute approximate surface area is 127 Å². The second-order valence-electron chi connectivity index (χ2n) is 6.31. The van der Waals surface area contributed by atoms with Crippen LogP contribution >= 0.6 is 11.6 Å². The lowest BCUT2D eigenvalue weighted by molar-refractivity contribution is 0.242. The van der Waals surface area contributed by atoms with E-state index in [1.807, 2.05) is 6.07 Å². The number of likely N-dealkylation sites (N-methyl/N-ethyl adjacent to an activating group) is 1. The number of aryl methyl sites for hydroxylation is 1. The summed E-state index contributed by atoms with van der Waals surface area (Å²) in [5.41, 5.74) is 2.89. The summed E-state index contributed by atoms with van der Waals surface area (Å²) in [6.07, 6.45) is 7.98. The van der Waals surface area contributed by atoms with Crippen LogP contribution in [0.4, 0.5) is 0 Å². The Kier molecular flexibility index (Phi) is 4.65. The van der Waals surface area contributed by atoms with E-state index in [1.54, 1.807) is 0 Å². The van der Waals surface area contributed by atoms with Crippen molar-refractivity contribution >= 4 is 11.6 Å². The molecule has 0 aromatic heterocycles. The molecule has 0 heterocycles. The monoisotopic (exact) mass is 292 g/mol. The molecular formula is C17H25ClN2. The van der Waals surface area contributed by atoms with E-state index in [9.17, 15) is 0 Å². The molecule has 1 saturated carbocycles. The minimum atomic E-state index is 0.527. The zero-order valence-corrected chi connectivity index (χ0v) is 13.1. The lowest BCUT2D eigenvalue weighted by Crippen LogP contribution is -2.36. The van der Waals surface area contributed by atoms with Gasteiger partial charge in [0.15, 0.2) is 0 Å². The lowest BCUT2D eigenvalue weighted by atomic mass is 10.1. The van der Waals surface area contributed by atoms with Crippen LogP contribution < -0.4 is 5.32 Å². The van der Waals surface area contributed by atoms with Crippen molar-refractivity contribution in [2.75, 3.05) is 20.1 Å². The fourth-order valence-electron chi connectivity index (χ4n) is 3.74. The molecule has 1 N–H and O–H groups in total. The quantitative estimate of drug-likeness (QED) is 0.888. The summed E-state index contributed by atoms with van der Waals surface area (Å²) in [7, 11) is 2.28. The first-order valence-electron chi connectivity index (χ1n) is 7.96. The van der Waals surface area contributed by atoms with Crippen LogP contribution in [0.5, 0.6) is 0 Å². The van der Waals surface area contributed by atoms with Gasteiger partial charge in [-0.15, -0.1) is 0 Å². The molecule has 1 unspecified atom stereocenters. The standard InChI is InChI=1S/C17H25ClN2/c1-20(15-4-2-3-5-15)11-10-19-17-9-6-13-12-14(18)7-8-16(13)17/h7-8,12,15,17,19H,2-6,9-11H2,1H3. The first-order valence-corrected chi connectivity index (χ1v) is 8.34. The molecule has 2 nitrogen and oxygen atoms in total. The number of rotatable bonds is 5. The maximum Gasteiger partial charge on any atom is 0.0408 e. The smallest absolute Gasteiger partial charge is 0.0408 e. The summed E-state index contributed by atoms with van der Waals surface area (Å²) in [4.78, 5) is 2.54. The van der Waals surface area contributed by atoms with Gasteiger partial charge in [-0.25, -0.2) is 0 Å². The van der Waals surface area contributed by atoms with Crippen LogP contribution in [0.15, 0.2) is 18.2 Å². The van der Waals surface area contributed by atoms with E-state index in [0.717, 1.165) is 30.6 Å². The Bertz CT molecular complexity index is 454. The molecule has 3 heteroatoms. The van der Waals surface area contributed by atoms with Gasteiger partial charge in [-0.1, -0.05) is 30.5 Å². The van der Waals surface area contributed by atoms with Crippen LogP contribution in [0, 0.1) is 0 Å². The molecule has 0 radical (unpaired) electrons. The van der Waals surface area contributed by atoms with Gasteiger partial charge < -0.3 is 10.2 Å². The van der Waals surface area contributed by atoms with Gasteiger partial charge in [0.25, 0.3) is 0 Å². The van der Waals surface area contributed by atoms with Crippen molar-refractivity contribution in [3.8, 4) is 0 Å². The number of nitrogens with zero attached hydrogens (tertiary/aromatic N) is 1. The molecule has 2 aliphatic carbocycles. The van der Waals surface area contributed by atoms with E-state index in [-0.39, 0.29) is 0 Å². The van der Waals surface area contributed by atoms with Gasteiger partial charge in [-0.3, -0.25) is 0 Å². The Morgan fingerprint density at radius 2 is 2.05 bits per heavy atom. The number of hydrogen-bond donors (Lipinski definition) is 1. The number of nitrogens with one attached hydrogen (secondary N) is 1. The normalized spacial score (nSPS) is 22.6. The summed E-state index contributed by atoms with van der Waals surface area (Å²) in [6.45, 7) is 2.24. The summed E-state index contributed by atoms with van der Waals surface area (Å²) < 4.78 is 0. The van der Waals surface area contributed by atoms with Gasteiger partial charge in [0, 0.05) is 30.2 Å². The predicted octanol–water partition coefficient (Wildman–Crippen LogP) is 3.79. The van der Waals surface area contributed by atoms with E-state index in [2.05, 4.69) is 29.4 Å². The average Bonchev–Trinajstić information content (AvgIpc) is 3.08. The molecule has 0 saturated heterocycles. The Hall–Kier alpha value is -0.570. The molecule has 0 aliphatic heterocycles. The van der Waals surface area contributed by atoms with Gasteiger partial charge in [0.05, 0.1) is 0 Å². The Morgan fingerprint density at radius 1 is 1.25 bits per heavy atom. The summed E-state index contributed by atoms with van der Waals surface area (Å²) in [5.74, 6) is 0. The van der Waals surface area contributed by atoms with Gasteiger partial charge in [-0.2, -0.15) is 0 Å². The van der Waals surface area contributed by atoms with Gasteiger partial charge in [0.1, 0.15) is 0 Å². The van der Waals surface area contributed by atoms with Crippen molar-refractivity contribution in [2.24, 2.45) is 0 Å². The summed E-state index contributed by atoms with van der Waals surface area (Å²) >= 11 is 6.06. The van der Waals surface area contributed by atoms with Crippen LogP contribution in [-0.2, 0) is 6.42 Å². The van der Waals surface area contributed by atoms with Crippen molar-refractivity contribution in [2.45, 2.75) is 50.6 Å². The number of halogens is 1. The molecule has 0 bridgehead atoms. The van der Waals surface area contributed by atoms with Gasteiger partial charge in [-0.05, 0) is 56.0 Å². The molecule has 1 aromatic rings. The zero-order valence-electron chi connectivity index (χ0n) is 12.4. The van der Waals surface area contributed by atoms with Gasteiger partial charge >= 0.3 is 0 Å². The predicted molar refractivity (Wildman–Crippen MR) is 85.4 cm³/mol. The third-order valence-corrected chi connectivity index (χ3v) is 5.22. The minimum absolute atomic E-state index is 0.527. The first kappa shape index (κ1) is 14.4. The van der Waals surface area contributed by atoms with E-state index >= 15 is 0 Å². The average molecular weight is 293 g/mol. The Balaban J connectivity index is 1.48. The highest BCUT2D eigenvalue weighted by atomic mass is 35.5. The molecule has 0 amide bonds. The molecule has 1 fully saturated rings. The van der Waals surface area contributed by atoms with Crippen molar-refractivity contribution in [1.82, 2.24) is 10.2 Å². The maximum absolute atomic E-state index is 6.06. The lowest BCUT2D eigenvalue weighted by Gasteiger charge is -2.25. The van der Waals surface area contributed by atoms with Crippen molar-refractivity contribution in [3.63, 3.8) is 0 Å². The maximum atomic E-state index is 6.06. The first-order chi connectivity index (χ1) is 9.74. The van der Waals surface area contributed by atoms with E-state index in [0.29, 0.717) is 6.04 Å². The minimum Gasteiger partial charge on any atom is -0.309 e. The van der Waals surface area contributed by atoms with Crippen LogP contribution in [0.25, 0.3) is 0 Å². The summed E-state index contributed by atoms with van der Waals surface area (Å²) in [6, 6.07) is 7.70. The second kappa shape index (κ2) is 6.46. The molecule has 2 aliphatic rings. The highest BCUT2D eigenvalue weighted by Gasteiger charge is 2.23. The molecule has 110 valence electrons. The third kappa shape index (κ3) is 3.19. The molecule has 1 atom stereocenters. The third-order valence-electron chi connectivity index (χ3n) is 4.99. The fourth-order valence-corrected chi connectivity index (χ4v) is 3.94. The van der Waals surface area contributed by atoms with Crippen LogP contribution in [0.3, 0.4) is 0 Å². The molecule has 20 heavy (non-hydrogen) atoms. The summed E-state index contributed by atoms with van der Waals surface area (Å²) in [5, 5.41) is 4.59. The topological polar surface area (TPSA) is 15.3 Å². The van der Waals surface area contributed by atoms with Crippen LogP contribution in [-0.4, -0.2) is 31.1 Å². The highest BCUT2D eigenvalue weighted by Crippen LogP contribution is 2.32. The number of benzene rings is 1.